The van der Waals surface area contributed by atoms with E-state index < -0.39 is 17.9 Å². The molecule has 0 atom stereocenters. The highest BCUT2D eigenvalue weighted by Gasteiger charge is 2.34. The minimum Gasteiger partial charge on any atom is -0.480 e. The number of aryl methyl sites for hydroxylation is 2. The van der Waals surface area contributed by atoms with Gasteiger partial charge in [-0.15, -0.1) is 0 Å². The summed E-state index contributed by atoms with van der Waals surface area (Å²) in [4.78, 5) is 31.8. The van der Waals surface area contributed by atoms with Crippen molar-refractivity contribution in [2.24, 2.45) is 23.0 Å². The Kier molecular flexibility index (Phi) is 4.66. The van der Waals surface area contributed by atoms with Crippen molar-refractivity contribution in [1.29, 1.82) is 0 Å². The van der Waals surface area contributed by atoms with Gasteiger partial charge >= 0.3 is 11.9 Å². The zero-order valence-corrected chi connectivity index (χ0v) is 14.4. The zero-order chi connectivity index (χ0) is 18.8. The Balaban J connectivity index is 2.23. The Morgan fingerprint density at radius 2 is 1.85 bits per heavy atom. The fraction of sp³-hybridized carbons (Fsp3) is 0.278. The molecule has 8 nitrogen and oxygen atoms in total. The lowest BCUT2D eigenvalue weighted by Crippen LogP contribution is -2.33. The molecule has 1 aromatic heterocycles. The number of hydrogen-bond donors (Lipinski definition) is 2. The van der Waals surface area contributed by atoms with Crippen molar-refractivity contribution in [3.63, 3.8) is 0 Å². The van der Waals surface area contributed by atoms with Crippen LogP contribution < -0.4 is 0 Å². The molecule has 2 N–H and O–H groups in total. The molecule has 134 valence electrons. The number of carbonyl (C=O) groups is 2. The molecule has 2 heterocycles. The second-order valence-electron chi connectivity index (χ2n) is 5.87. The van der Waals surface area contributed by atoms with Crippen LogP contribution in [0, 0.1) is 5.92 Å². The number of benzene rings is 1. The molecule has 0 radical (unpaired) electrons. The summed E-state index contributed by atoms with van der Waals surface area (Å²) in [6.45, 7) is 1.85. The molecule has 8 heteroatoms. The second kappa shape index (κ2) is 6.91. The monoisotopic (exact) mass is 354 g/mol. The first-order valence-electron chi connectivity index (χ1n) is 8.13. The molecule has 0 spiro atoms. The number of fused-ring (bicyclic) bond motifs is 1. The predicted molar refractivity (Wildman–Crippen MR) is 95.4 cm³/mol. The van der Waals surface area contributed by atoms with E-state index in [1.165, 1.54) is 0 Å². The van der Waals surface area contributed by atoms with Crippen LogP contribution in [0.5, 0.6) is 0 Å². The van der Waals surface area contributed by atoms with Crippen molar-refractivity contribution >= 4 is 29.2 Å². The molecule has 0 amide bonds. The van der Waals surface area contributed by atoms with Crippen molar-refractivity contribution in [3.05, 3.63) is 47.2 Å². The first kappa shape index (κ1) is 17.5. The van der Waals surface area contributed by atoms with Crippen molar-refractivity contribution in [2.45, 2.75) is 13.3 Å². The highest BCUT2D eigenvalue weighted by atomic mass is 16.4. The normalized spacial score (nSPS) is 13.7. The van der Waals surface area contributed by atoms with E-state index in [1.54, 1.807) is 11.7 Å². The summed E-state index contributed by atoms with van der Waals surface area (Å²) < 4.78 is 1.54. The molecule has 0 fully saturated rings. The Labute approximate surface area is 149 Å². The molecule has 1 aliphatic heterocycles. The van der Waals surface area contributed by atoms with Crippen LogP contribution in [0.3, 0.4) is 0 Å². The molecule has 1 aromatic carbocycles. The Bertz CT molecular complexity index is 914. The van der Waals surface area contributed by atoms with E-state index in [2.05, 4.69) is 15.1 Å². The molecular weight excluding hydrogens is 336 g/mol. The zero-order valence-electron chi connectivity index (χ0n) is 14.4. The van der Waals surface area contributed by atoms with Crippen molar-refractivity contribution in [3.8, 4) is 0 Å². The van der Waals surface area contributed by atoms with Crippen molar-refractivity contribution in [1.82, 2.24) is 9.78 Å². The summed E-state index contributed by atoms with van der Waals surface area (Å²) in [7, 11) is 1.70. The SMILES string of the molecule is CCc1nn(C)c2c1C(c1ccccc1)=NCC(C(C(=O)O)C(=O)O)=N2. The highest BCUT2D eigenvalue weighted by Crippen LogP contribution is 2.29. The van der Waals surface area contributed by atoms with Gasteiger partial charge in [0.05, 0.1) is 29.2 Å². The molecule has 1 aliphatic rings. The average molecular weight is 354 g/mol. The van der Waals surface area contributed by atoms with E-state index in [0.29, 0.717) is 23.5 Å². The maximum atomic E-state index is 11.4. The molecule has 26 heavy (non-hydrogen) atoms. The fourth-order valence-electron chi connectivity index (χ4n) is 2.98. The number of carboxylic acid groups (broad SMARTS) is 2. The third kappa shape index (κ3) is 3.01. The molecule has 0 aliphatic carbocycles. The standard InChI is InChI=1S/C18H18N4O4/c1-3-11-13-15(10-7-5-4-6-8-10)19-9-12(14(17(23)24)18(25)26)20-16(13)22(2)21-11/h4-8,14H,3,9H2,1-2H3,(H,23,24)(H,25,26). The van der Waals surface area contributed by atoms with E-state index in [4.69, 9.17) is 0 Å². The van der Waals surface area contributed by atoms with E-state index >= 15 is 0 Å². The summed E-state index contributed by atoms with van der Waals surface area (Å²) in [5.41, 5.74) is 2.94. The number of aromatic nitrogens is 2. The summed E-state index contributed by atoms with van der Waals surface area (Å²) >= 11 is 0. The van der Waals surface area contributed by atoms with Gasteiger partial charge in [0.15, 0.2) is 11.7 Å². The topological polar surface area (TPSA) is 117 Å². The molecule has 0 saturated carbocycles. The fourth-order valence-corrected chi connectivity index (χ4v) is 2.98. The van der Waals surface area contributed by atoms with Crippen LogP contribution in [0.1, 0.15) is 23.7 Å². The lowest BCUT2D eigenvalue weighted by Gasteiger charge is -2.08. The minimum atomic E-state index is -1.75. The summed E-state index contributed by atoms with van der Waals surface area (Å²) in [5.74, 6) is -4.26. The van der Waals surface area contributed by atoms with Crippen LogP contribution in [0.2, 0.25) is 0 Å². The van der Waals surface area contributed by atoms with Crippen LogP contribution in [0.15, 0.2) is 40.3 Å². The van der Waals surface area contributed by atoms with Crippen LogP contribution in [-0.4, -0.2) is 49.9 Å². The quantitative estimate of drug-likeness (QED) is 0.793. The van der Waals surface area contributed by atoms with Gasteiger partial charge in [-0.05, 0) is 6.42 Å². The van der Waals surface area contributed by atoms with Crippen LogP contribution in [0.4, 0.5) is 5.82 Å². The third-order valence-corrected chi connectivity index (χ3v) is 4.18. The second-order valence-corrected chi connectivity index (χ2v) is 5.87. The summed E-state index contributed by atoms with van der Waals surface area (Å²) in [6, 6.07) is 9.43. The Morgan fingerprint density at radius 3 is 2.42 bits per heavy atom. The van der Waals surface area contributed by atoms with E-state index in [0.717, 1.165) is 11.3 Å². The molecule has 3 rings (SSSR count). The van der Waals surface area contributed by atoms with E-state index in [1.807, 2.05) is 37.3 Å². The van der Waals surface area contributed by atoms with Crippen LogP contribution in [-0.2, 0) is 23.1 Å². The highest BCUT2D eigenvalue weighted by molar-refractivity contribution is 6.22. The lowest BCUT2D eigenvalue weighted by atomic mass is 10.0. The number of carboxylic acids is 2. The Hall–Kier alpha value is -3.29. The third-order valence-electron chi connectivity index (χ3n) is 4.18. The van der Waals surface area contributed by atoms with E-state index in [9.17, 15) is 19.8 Å². The number of hydrogen-bond acceptors (Lipinski definition) is 5. The number of rotatable bonds is 5. The smallest absolute Gasteiger partial charge is 0.323 e. The molecule has 0 saturated heterocycles. The first-order chi connectivity index (χ1) is 12.4. The van der Waals surface area contributed by atoms with Crippen molar-refractivity contribution < 1.29 is 19.8 Å². The average Bonchev–Trinajstić information content (AvgIpc) is 2.79. The van der Waals surface area contributed by atoms with Gasteiger partial charge in [-0.1, -0.05) is 37.3 Å². The van der Waals surface area contributed by atoms with Crippen molar-refractivity contribution in [2.75, 3.05) is 6.54 Å². The van der Waals surface area contributed by atoms with Crippen LogP contribution >= 0.6 is 0 Å². The number of nitrogens with zero attached hydrogens (tertiary/aromatic N) is 4. The summed E-state index contributed by atoms with van der Waals surface area (Å²) in [6.07, 6.45) is 0.640. The largest absolute Gasteiger partial charge is 0.480 e. The number of aliphatic carboxylic acids is 2. The molecule has 2 aromatic rings. The molecule has 0 unspecified atom stereocenters. The van der Waals surface area contributed by atoms with Gasteiger partial charge in [-0.2, -0.15) is 5.10 Å². The van der Waals surface area contributed by atoms with Gasteiger partial charge in [0.25, 0.3) is 0 Å². The molecule has 0 bridgehead atoms. The Morgan fingerprint density at radius 1 is 1.19 bits per heavy atom. The maximum absolute atomic E-state index is 11.4. The van der Waals surface area contributed by atoms with Gasteiger partial charge in [0.2, 0.25) is 0 Å². The lowest BCUT2D eigenvalue weighted by molar-refractivity contribution is -0.150. The minimum absolute atomic E-state index is 0.0252. The van der Waals surface area contributed by atoms with Crippen LogP contribution in [0.25, 0.3) is 0 Å². The van der Waals surface area contributed by atoms with E-state index in [-0.39, 0.29) is 12.3 Å². The molecular formula is C18H18N4O4. The van der Waals surface area contributed by atoms with Gasteiger partial charge in [-0.3, -0.25) is 19.3 Å². The first-order valence-corrected chi connectivity index (χ1v) is 8.13. The van der Waals surface area contributed by atoms with Gasteiger partial charge < -0.3 is 10.2 Å². The van der Waals surface area contributed by atoms with Gasteiger partial charge in [0, 0.05) is 12.6 Å². The predicted octanol–water partition coefficient (Wildman–Crippen LogP) is 1.69. The maximum Gasteiger partial charge on any atom is 0.323 e. The van der Waals surface area contributed by atoms with Gasteiger partial charge in [-0.25, -0.2) is 4.99 Å². The number of aliphatic imine (C=N–C) groups is 2. The summed E-state index contributed by atoms with van der Waals surface area (Å²) in [5, 5.41) is 23.1. The van der Waals surface area contributed by atoms with Gasteiger partial charge in [0.1, 0.15) is 0 Å².